The molecule has 1 aromatic carbocycles. The van der Waals surface area contributed by atoms with Gasteiger partial charge in [0.25, 0.3) is 5.91 Å². The maximum Gasteiger partial charge on any atom is 0.329 e. The van der Waals surface area contributed by atoms with Crippen LogP contribution in [0.5, 0.6) is 5.75 Å². The number of esters is 2. The highest BCUT2D eigenvalue weighted by molar-refractivity contribution is 6.35. The number of hydrogen-bond donors (Lipinski definition) is 4. The first kappa shape index (κ1) is 64.4. The van der Waals surface area contributed by atoms with Crippen molar-refractivity contribution in [3.05, 3.63) is 29.8 Å². The summed E-state index contributed by atoms with van der Waals surface area (Å²) in [4.78, 5) is 162. The van der Waals surface area contributed by atoms with E-state index in [-0.39, 0.29) is 70.0 Å². The molecule has 7 amide bonds. The molecule has 5 rings (SSSR count). The first-order valence-corrected chi connectivity index (χ1v) is 28.4. The number of nitrogens with one attached hydrogen (secondary N) is 3. The third-order valence-electron chi connectivity index (χ3n) is 16.3. The van der Waals surface area contributed by atoms with Gasteiger partial charge in [-0.05, 0) is 100 Å². The van der Waals surface area contributed by atoms with Crippen LogP contribution >= 0.6 is 0 Å². The molecule has 1 aromatic rings. The number of aliphatic hydroxyl groups excluding tert-OH is 1. The van der Waals surface area contributed by atoms with E-state index in [1.54, 1.807) is 52.0 Å². The molecule has 0 aliphatic carbocycles. The Morgan fingerprint density at radius 2 is 1.51 bits per heavy atom. The standard InChI is InChI=1S/C58H87N7O15/c1-14-34(8)46-44(67)30-45(68)80-49(33(6)7)48(69)35(9)50(70)59-40(27-31(2)3)54(74)63-24-15-17-41(63)55(75)62(12)43(29-38-18-20-39(78-13)21-19-38)56(76)79-37(11)47(52(72)60-46)61-51(71)42(28-32(4)5)64-26-23-58(57(64)77)22-16-25-65(58)53(73)36(10)66/h18-21,31-35,37,40-44,46-47,49,67H,14-17,22-30H2,1-13H3,(H,59,70)(H,60,72)(H,61,71)/t34-,35-,37+,40-,41-,42+,43-,44-,46-,47-,49-,58+/m0/s1. The van der Waals surface area contributed by atoms with Gasteiger partial charge >= 0.3 is 11.9 Å². The zero-order valence-corrected chi connectivity index (χ0v) is 49.0. The number of likely N-dealkylation sites (N-methyl/N-ethyl adjacent to an activating group) is 1. The molecule has 4 heterocycles. The van der Waals surface area contributed by atoms with E-state index in [1.165, 1.54) is 47.6 Å². The fourth-order valence-corrected chi connectivity index (χ4v) is 11.5. The van der Waals surface area contributed by atoms with Crippen LogP contribution in [0, 0.1) is 29.6 Å². The van der Waals surface area contributed by atoms with Crippen LogP contribution in [0.3, 0.4) is 0 Å². The van der Waals surface area contributed by atoms with Crippen LogP contribution in [-0.2, 0) is 68.6 Å². The summed E-state index contributed by atoms with van der Waals surface area (Å²) in [5.74, 6) is -11.1. The summed E-state index contributed by atoms with van der Waals surface area (Å²) in [6.07, 6.45) is -3.48. The molecule has 4 N–H and O–H groups in total. The summed E-state index contributed by atoms with van der Waals surface area (Å²) in [6, 6.07) is -1.17. The first-order chi connectivity index (χ1) is 37.6. The zero-order valence-electron chi connectivity index (χ0n) is 49.0. The number of fused-ring (bicyclic) bond motifs is 1. The number of methoxy groups -OCH3 is 1. The summed E-state index contributed by atoms with van der Waals surface area (Å²) in [5.41, 5.74) is -0.785. The number of carbonyl (C=O) groups is 11. The van der Waals surface area contributed by atoms with Crippen LogP contribution in [0.2, 0.25) is 0 Å². The minimum Gasteiger partial charge on any atom is -0.497 e. The van der Waals surface area contributed by atoms with E-state index < -0.39 is 149 Å². The van der Waals surface area contributed by atoms with Gasteiger partial charge in [0.05, 0.1) is 31.6 Å². The monoisotopic (exact) mass is 1120 g/mol. The van der Waals surface area contributed by atoms with Gasteiger partial charge in [-0.3, -0.25) is 47.9 Å². The third-order valence-corrected chi connectivity index (χ3v) is 16.3. The lowest BCUT2D eigenvalue weighted by Crippen LogP contribution is -2.62. The van der Waals surface area contributed by atoms with E-state index in [0.29, 0.717) is 30.6 Å². The van der Waals surface area contributed by atoms with Gasteiger partial charge in [0.15, 0.2) is 11.9 Å². The maximum absolute atomic E-state index is 15.1. The van der Waals surface area contributed by atoms with Crippen LogP contribution < -0.4 is 20.7 Å². The molecule has 4 fully saturated rings. The Morgan fingerprint density at radius 3 is 2.10 bits per heavy atom. The fourth-order valence-electron chi connectivity index (χ4n) is 11.5. The van der Waals surface area contributed by atoms with Crippen LogP contribution in [-0.4, -0.2) is 183 Å². The van der Waals surface area contributed by atoms with E-state index in [0.717, 1.165) is 6.92 Å². The predicted molar refractivity (Wildman–Crippen MR) is 292 cm³/mol. The van der Waals surface area contributed by atoms with Crippen LogP contribution in [0.4, 0.5) is 0 Å². The average molecular weight is 1120 g/mol. The zero-order chi connectivity index (χ0) is 59.7. The number of hydrogen-bond acceptors (Lipinski definition) is 15. The molecule has 0 saturated carbocycles. The second-order valence-electron chi connectivity index (χ2n) is 23.5. The molecule has 1 spiro atoms. The number of cyclic esters (lactones) is 2. The minimum absolute atomic E-state index is 0.0376. The number of ether oxygens (including phenoxy) is 3. The molecule has 12 atom stereocenters. The first-order valence-electron chi connectivity index (χ1n) is 28.4. The minimum atomic E-state index is -1.76. The Bertz CT molecular complexity index is 2470. The Morgan fingerprint density at radius 1 is 0.850 bits per heavy atom. The molecule has 0 aromatic heterocycles. The molecule has 444 valence electrons. The highest BCUT2D eigenvalue weighted by atomic mass is 16.6. The summed E-state index contributed by atoms with van der Waals surface area (Å²) in [7, 11) is 2.89. The normalized spacial score (nSPS) is 28.9. The summed E-state index contributed by atoms with van der Waals surface area (Å²) in [5, 5.41) is 20.2. The molecular formula is C58H87N7O15. The topological polar surface area (TPSA) is 285 Å². The summed E-state index contributed by atoms with van der Waals surface area (Å²) in [6.45, 7) is 18.3. The Hall–Kier alpha value is -6.45. The molecule has 4 saturated heterocycles. The number of aliphatic hydroxyl groups is 1. The van der Waals surface area contributed by atoms with Crippen molar-refractivity contribution in [2.24, 2.45) is 29.6 Å². The van der Waals surface area contributed by atoms with Crippen molar-refractivity contribution in [1.82, 2.24) is 35.6 Å². The van der Waals surface area contributed by atoms with E-state index in [1.807, 2.05) is 27.7 Å². The van der Waals surface area contributed by atoms with Gasteiger partial charge in [-0.1, -0.05) is 73.9 Å². The average Bonchev–Trinajstić information content (AvgIpc) is 4.16. The number of likely N-dealkylation sites (tertiary alicyclic amines) is 2. The van der Waals surface area contributed by atoms with Gasteiger partial charge in [-0.15, -0.1) is 0 Å². The van der Waals surface area contributed by atoms with Crippen molar-refractivity contribution in [2.75, 3.05) is 33.8 Å². The fraction of sp³-hybridized carbons (Fsp3) is 0.707. The van der Waals surface area contributed by atoms with Crippen LogP contribution in [0.15, 0.2) is 24.3 Å². The molecular weight excluding hydrogens is 1030 g/mol. The maximum atomic E-state index is 15.1. The van der Waals surface area contributed by atoms with Crippen LogP contribution in [0.25, 0.3) is 0 Å². The Balaban J connectivity index is 1.63. The number of benzene rings is 1. The number of ketones is 2. The summed E-state index contributed by atoms with van der Waals surface area (Å²) < 4.78 is 17.3. The van der Waals surface area contributed by atoms with Gasteiger partial charge < -0.3 is 54.9 Å². The molecule has 22 heteroatoms. The predicted octanol–water partition coefficient (Wildman–Crippen LogP) is 2.67. The van der Waals surface area contributed by atoms with Crippen molar-refractivity contribution < 1.29 is 72.1 Å². The van der Waals surface area contributed by atoms with Gasteiger partial charge in [0.1, 0.15) is 47.6 Å². The van der Waals surface area contributed by atoms with E-state index in [9.17, 15) is 48.3 Å². The number of Topliss-reactive ketones (excluding diaryl/α,β-unsaturated/α-hetero) is 2. The van der Waals surface area contributed by atoms with Gasteiger partial charge in [0, 0.05) is 40.0 Å². The molecule has 80 heavy (non-hydrogen) atoms. The van der Waals surface area contributed by atoms with Gasteiger partial charge in [0.2, 0.25) is 41.2 Å². The third kappa shape index (κ3) is 14.9. The number of carbonyl (C=O) groups excluding carboxylic acids is 11. The van der Waals surface area contributed by atoms with Crippen molar-refractivity contribution in [2.45, 2.75) is 200 Å². The second kappa shape index (κ2) is 27.8. The van der Waals surface area contributed by atoms with E-state index >= 15 is 9.59 Å². The highest BCUT2D eigenvalue weighted by Crippen LogP contribution is 2.40. The Labute approximate surface area is 470 Å². The lowest BCUT2D eigenvalue weighted by molar-refractivity contribution is -0.163. The lowest BCUT2D eigenvalue weighted by atomic mass is 9.91. The number of amides is 7. The Kier molecular flexibility index (Phi) is 22.4. The smallest absolute Gasteiger partial charge is 0.329 e. The van der Waals surface area contributed by atoms with Gasteiger partial charge in [-0.2, -0.15) is 0 Å². The SMILES string of the molecule is CC[C@H](C)[C@@H]1NC(=O)[C@@H](NC(=O)[C@@H](CC(C)C)N2CC[C@]3(CCCN3C(=O)C(C)=O)C2=O)[C@@H](C)OC(=O)[C@H](Cc2ccc(OC)cc2)N(C)C(=O)[C@@H]2CCCN2C(=O)[C@H](CC(C)C)NC(=O)[C@@H](C)C(=O)[C@H](C(C)C)OC(=O)C[C@@H]1O. The second-order valence-corrected chi connectivity index (χ2v) is 23.5. The quantitative estimate of drug-likeness (QED) is 0.118. The van der Waals surface area contributed by atoms with E-state index in [4.69, 9.17) is 14.2 Å². The molecule has 4 aliphatic rings. The van der Waals surface area contributed by atoms with Crippen molar-refractivity contribution in [3.63, 3.8) is 0 Å². The molecule has 0 bridgehead atoms. The summed E-state index contributed by atoms with van der Waals surface area (Å²) >= 11 is 0. The van der Waals surface area contributed by atoms with E-state index in [2.05, 4.69) is 16.0 Å². The molecule has 22 nitrogen and oxygen atoms in total. The van der Waals surface area contributed by atoms with Gasteiger partial charge in [-0.25, -0.2) is 4.79 Å². The van der Waals surface area contributed by atoms with Crippen molar-refractivity contribution in [1.29, 1.82) is 0 Å². The van der Waals surface area contributed by atoms with Crippen LogP contribution in [0.1, 0.15) is 140 Å². The van der Waals surface area contributed by atoms with Crippen molar-refractivity contribution >= 4 is 64.9 Å². The molecule has 4 aliphatic heterocycles. The number of rotatable bonds is 14. The largest absolute Gasteiger partial charge is 0.497 e. The molecule has 0 unspecified atom stereocenters. The van der Waals surface area contributed by atoms with Crippen molar-refractivity contribution in [3.8, 4) is 5.75 Å². The number of nitrogens with zero attached hydrogens (tertiary/aromatic N) is 4. The molecule has 0 radical (unpaired) electrons. The highest BCUT2D eigenvalue weighted by Gasteiger charge is 2.57. The lowest BCUT2D eigenvalue weighted by Gasteiger charge is -2.36.